The Morgan fingerprint density at radius 1 is 1.33 bits per heavy atom. The normalized spacial score (nSPS) is 10.3. The molecule has 1 aromatic rings. The van der Waals surface area contributed by atoms with Crippen LogP contribution in [0, 0.1) is 0 Å². The van der Waals surface area contributed by atoms with Gasteiger partial charge in [-0.15, -0.1) is 0 Å². The quantitative estimate of drug-likeness (QED) is 0.618. The molecule has 0 aliphatic carbocycles. The Morgan fingerprint density at radius 3 is 2.93 bits per heavy atom. The van der Waals surface area contributed by atoms with Gasteiger partial charge in [0.2, 0.25) is 0 Å². The Bertz CT molecular complexity index is 283. The van der Waals surface area contributed by atoms with Crippen LogP contribution >= 0.6 is 27.7 Å². The van der Waals surface area contributed by atoms with Gasteiger partial charge < -0.3 is 5.32 Å². The summed E-state index contributed by atoms with van der Waals surface area (Å²) in [4.78, 5) is 8.09. The topological polar surface area (TPSA) is 37.8 Å². The van der Waals surface area contributed by atoms with Crippen LogP contribution < -0.4 is 5.32 Å². The van der Waals surface area contributed by atoms with Crippen molar-refractivity contribution in [1.82, 2.24) is 9.97 Å². The number of rotatable bonds is 7. The van der Waals surface area contributed by atoms with Gasteiger partial charge in [-0.05, 0) is 40.8 Å². The molecule has 0 saturated carbocycles. The number of anilines is 1. The highest BCUT2D eigenvalue weighted by Crippen LogP contribution is 2.09. The first-order chi connectivity index (χ1) is 7.33. The van der Waals surface area contributed by atoms with Crippen LogP contribution in [0.3, 0.4) is 0 Å². The smallest absolute Gasteiger partial charge is 0.130 e. The maximum atomic E-state index is 4.12. The van der Waals surface area contributed by atoms with Gasteiger partial charge in [-0.2, -0.15) is 11.8 Å². The van der Waals surface area contributed by atoms with Gasteiger partial charge in [-0.1, -0.05) is 6.42 Å². The fourth-order valence-corrected chi connectivity index (χ4v) is 2.00. The third-order valence-electron chi connectivity index (χ3n) is 1.97. The first-order valence-corrected chi connectivity index (χ1v) is 7.22. The van der Waals surface area contributed by atoms with Crippen molar-refractivity contribution in [1.29, 1.82) is 0 Å². The summed E-state index contributed by atoms with van der Waals surface area (Å²) in [5.74, 6) is 2.15. The number of hydrogen-bond donors (Lipinski definition) is 1. The molecular weight excluding hydrogens is 274 g/mol. The molecule has 1 N–H and O–H groups in total. The van der Waals surface area contributed by atoms with Crippen LogP contribution in [0.1, 0.15) is 19.3 Å². The highest BCUT2D eigenvalue weighted by atomic mass is 79.9. The molecule has 0 saturated heterocycles. The lowest BCUT2D eigenvalue weighted by molar-refractivity contribution is 0.748. The van der Waals surface area contributed by atoms with Crippen molar-refractivity contribution in [2.75, 3.05) is 23.9 Å². The molecule has 0 aromatic carbocycles. The summed E-state index contributed by atoms with van der Waals surface area (Å²) in [5, 5.41) is 3.27. The molecule has 0 aliphatic rings. The van der Waals surface area contributed by atoms with Gasteiger partial charge in [-0.3, -0.25) is 0 Å². The van der Waals surface area contributed by atoms with Crippen molar-refractivity contribution >= 4 is 33.5 Å². The second-order valence-electron chi connectivity index (χ2n) is 3.21. The number of thioether (sulfide) groups is 1. The van der Waals surface area contributed by atoms with Gasteiger partial charge >= 0.3 is 0 Å². The Balaban J connectivity index is 2.10. The third-order valence-corrected chi connectivity index (χ3v) is 3.10. The summed E-state index contributed by atoms with van der Waals surface area (Å²) in [5.41, 5.74) is 0. The second kappa shape index (κ2) is 7.93. The first kappa shape index (κ1) is 12.8. The van der Waals surface area contributed by atoms with Crippen LogP contribution in [0.4, 0.5) is 5.82 Å². The molecule has 0 aliphatic heterocycles. The average molecular weight is 290 g/mol. The van der Waals surface area contributed by atoms with E-state index in [0.717, 1.165) is 17.0 Å². The summed E-state index contributed by atoms with van der Waals surface area (Å²) in [7, 11) is 0. The summed E-state index contributed by atoms with van der Waals surface area (Å²) in [6, 6.07) is 1.89. The molecule has 84 valence electrons. The number of unbranched alkanes of at least 4 members (excludes halogenated alkanes) is 2. The SMILES string of the molecule is CSCCCCCNc1cc(Br)ncn1. The Kier molecular flexibility index (Phi) is 6.76. The number of hydrogen-bond acceptors (Lipinski definition) is 4. The van der Waals surface area contributed by atoms with E-state index in [1.165, 1.54) is 25.0 Å². The molecule has 0 unspecified atom stereocenters. The van der Waals surface area contributed by atoms with E-state index in [2.05, 4.69) is 37.5 Å². The minimum Gasteiger partial charge on any atom is -0.370 e. The van der Waals surface area contributed by atoms with Crippen molar-refractivity contribution < 1.29 is 0 Å². The van der Waals surface area contributed by atoms with Gasteiger partial charge in [0.1, 0.15) is 16.7 Å². The van der Waals surface area contributed by atoms with Crippen molar-refractivity contribution in [2.45, 2.75) is 19.3 Å². The van der Waals surface area contributed by atoms with Crippen LogP contribution in [0.15, 0.2) is 17.0 Å². The van der Waals surface area contributed by atoms with Crippen molar-refractivity contribution in [3.05, 3.63) is 17.0 Å². The van der Waals surface area contributed by atoms with Crippen LogP contribution in [-0.4, -0.2) is 28.5 Å². The maximum Gasteiger partial charge on any atom is 0.130 e. The molecule has 3 nitrogen and oxygen atoms in total. The van der Waals surface area contributed by atoms with Gasteiger partial charge in [0.15, 0.2) is 0 Å². The molecule has 0 bridgehead atoms. The summed E-state index contributed by atoms with van der Waals surface area (Å²) in [6.07, 6.45) is 7.48. The van der Waals surface area contributed by atoms with Crippen LogP contribution in [0.2, 0.25) is 0 Å². The standard InChI is InChI=1S/C10H16BrN3S/c1-15-6-4-2-3-5-12-10-7-9(11)13-8-14-10/h7-8H,2-6H2,1H3,(H,12,13,14). The fourth-order valence-electron chi connectivity index (χ4n) is 1.19. The lowest BCUT2D eigenvalue weighted by atomic mass is 10.2. The van der Waals surface area contributed by atoms with Crippen LogP contribution in [0.5, 0.6) is 0 Å². The Hall–Kier alpha value is -0.290. The predicted octanol–water partition coefficient (Wildman–Crippen LogP) is 3.18. The lowest BCUT2D eigenvalue weighted by Gasteiger charge is -2.04. The largest absolute Gasteiger partial charge is 0.370 e. The predicted molar refractivity (Wildman–Crippen MR) is 70.5 cm³/mol. The minimum absolute atomic E-state index is 0.822. The third kappa shape index (κ3) is 5.99. The molecule has 0 radical (unpaired) electrons. The van der Waals surface area contributed by atoms with Gasteiger partial charge in [0, 0.05) is 12.6 Å². The number of aromatic nitrogens is 2. The molecule has 0 amide bonds. The molecule has 5 heteroatoms. The molecular formula is C10H16BrN3S. The molecule has 0 atom stereocenters. The van der Waals surface area contributed by atoms with E-state index in [9.17, 15) is 0 Å². The number of nitrogens with zero attached hydrogens (tertiary/aromatic N) is 2. The van der Waals surface area contributed by atoms with Crippen molar-refractivity contribution in [3.63, 3.8) is 0 Å². The average Bonchev–Trinajstić information content (AvgIpc) is 2.23. The van der Waals surface area contributed by atoms with E-state index in [0.29, 0.717) is 0 Å². The lowest BCUT2D eigenvalue weighted by Crippen LogP contribution is -2.03. The number of nitrogens with one attached hydrogen (secondary N) is 1. The molecule has 1 heterocycles. The zero-order valence-electron chi connectivity index (χ0n) is 8.87. The maximum absolute atomic E-state index is 4.12. The Morgan fingerprint density at radius 2 is 2.20 bits per heavy atom. The van der Waals surface area contributed by atoms with E-state index in [4.69, 9.17) is 0 Å². The summed E-state index contributed by atoms with van der Waals surface area (Å²) in [6.45, 7) is 0.984. The molecule has 1 aromatic heterocycles. The number of halogens is 1. The summed E-state index contributed by atoms with van der Waals surface area (Å²) >= 11 is 5.22. The highest BCUT2D eigenvalue weighted by molar-refractivity contribution is 9.10. The Labute approximate surface area is 104 Å². The van der Waals surface area contributed by atoms with E-state index in [1.807, 2.05) is 17.8 Å². The molecule has 0 spiro atoms. The van der Waals surface area contributed by atoms with E-state index in [-0.39, 0.29) is 0 Å². The first-order valence-electron chi connectivity index (χ1n) is 5.03. The molecule has 1 rings (SSSR count). The monoisotopic (exact) mass is 289 g/mol. The van der Waals surface area contributed by atoms with Gasteiger partial charge in [-0.25, -0.2) is 9.97 Å². The molecule has 0 fully saturated rings. The van der Waals surface area contributed by atoms with Crippen LogP contribution in [0.25, 0.3) is 0 Å². The second-order valence-corrected chi connectivity index (χ2v) is 5.00. The van der Waals surface area contributed by atoms with Crippen LogP contribution in [-0.2, 0) is 0 Å². The summed E-state index contributed by atoms with van der Waals surface area (Å²) < 4.78 is 0.822. The van der Waals surface area contributed by atoms with E-state index in [1.54, 1.807) is 6.33 Å². The molecule has 15 heavy (non-hydrogen) atoms. The van der Waals surface area contributed by atoms with E-state index < -0.39 is 0 Å². The zero-order chi connectivity index (χ0) is 10.9. The van der Waals surface area contributed by atoms with Crippen molar-refractivity contribution in [3.8, 4) is 0 Å². The highest BCUT2D eigenvalue weighted by Gasteiger charge is 1.94. The fraction of sp³-hybridized carbons (Fsp3) is 0.600. The zero-order valence-corrected chi connectivity index (χ0v) is 11.3. The van der Waals surface area contributed by atoms with Crippen molar-refractivity contribution in [2.24, 2.45) is 0 Å². The van der Waals surface area contributed by atoms with E-state index >= 15 is 0 Å². The minimum atomic E-state index is 0.822. The van der Waals surface area contributed by atoms with Gasteiger partial charge in [0.05, 0.1) is 0 Å². The van der Waals surface area contributed by atoms with Gasteiger partial charge in [0.25, 0.3) is 0 Å².